The molecule has 0 atom stereocenters. The molecule has 2 nitrogen and oxygen atoms in total. The Morgan fingerprint density at radius 3 is 2.45 bits per heavy atom. The van der Waals surface area contributed by atoms with Crippen molar-refractivity contribution in [2.45, 2.75) is 0 Å². The van der Waals surface area contributed by atoms with Gasteiger partial charge in [-0.3, -0.25) is 0 Å². The molecule has 3 rings (SSSR count). The highest BCUT2D eigenvalue weighted by Gasteiger charge is 2.09. The first-order valence-electron chi connectivity index (χ1n) is 5.50. The monoisotopic (exact) mass is 346 g/mol. The maximum absolute atomic E-state index is 13.3. The van der Waals surface area contributed by atoms with Crippen LogP contribution < -0.4 is 5.32 Å². The van der Waals surface area contributed by atoms with Crippen molar-refractivity contribution in [1.82, 2.24) is 4.98 Å². The van der Waals surface area contributed by atoms with Crippen molar-refractivity contribution in [2.75, 3.05) is 5.32 Å². The van der Waals surface area contributed by atoms with E-state index in [0.717, 1.165) is 10.2 Å². The van der Waals surface area contributed by atoms with Crippen molar-refractivity contribution < 1.29 is 4.39 Å². The normalized spacial score (nSPS) is 11.0. The summed E-state index contributed by atoms with van der Waals surface area (Å²) in [5.41, 5.74) is 1.37. The van der Waals surface area contributed by atoms with E-state index in [-0.39, 0.29) is 10.0 Å². The largest absolute Gasteiger partial charge is 0.331 e. The summed E-state index contributed by atoms with van der Waals surface area (Å²) in [6.45, 7) is 0. The molecule has 1 N–H and O–H groups in total. The molecule has 0 spiro atoms. The smallest absolute Gasteiger partial charge is 0.188 e. The lowest BCUT2D eigenvalue weighted by atomic mass is 10.3. The van der Waals surface area contributed by atoms with E-state index in [4.69, 9.17) is 34.8 Å². The Balaban J connectivity index is 1.96. The molecule has 1 heterocycles. The fraction of sp³-hybridized carbons (Fsp3) is 0. The number of benzene rings is 2. The van der Waals surface area contributed by atoms with Crippen molar-refractivity contribution in [3.8, 4) is 0 Å². The molecule has 0 saturated carbocycles. The van der Waals surface area contributed by atoms with Crippen LogP contribution in [-0.4, -0.2) is 4.98 Å². The minimum atomic E-state index is -0.630. The van der Waals surface area contributed by atoms with E-state index in [1.54, 1.807) is 12.1 Å². The maximum atomic E-state index is 13.3. The molecule has 0 saturated heterocycles. The van der Waals surface area contributed by atoms with Crippen LogP contribution in [0.2, 0.25) is 15.1 Å². The molecule has 102 valence electrons. The van der Waals surface area contributed by atoms with Crippen LogP contribution in [0.3, 0.4) is 0 Å². The van der Waals surface area contributed by atoms with Crippen LogP contribution in [-0.2, 0) is 0 Å². The summed E-state index contributed by atoms with van der Waals surface area (Å²) in [4.78, 5) is 4.39. The lowest BCUT2D eigenvalue weighted by molar-refractivity contribution is 0.629. The van der Waals surface area contributed by atoms with Crippen LogP contribution in [0.1, 0.15) is 0 Å². The first kappa shape index (κ1) is 13.9. The maximum Gasteiger partial charge on any atom is 0.188 e. The molecule has 0 amide bonds. The van der Waals surface area contributed by atoms with E-state index in [1.807, 2.05) is 6.07 Å². The average Bonchev–Trinajstić information content (AvgIpc) is 2.77. The second-order valence-corrected chi connectivity index (χ2v) is 6.29. The van der Waals surface area contributed by atoms with Crippen LogP contribution in [0.4, 0.5) is 15.2 Å². The van der Waals surface area contributed by atoms with Gasteiger partial charge in [-0.05, 0) is 30.3 Å². The Labute approximate surface area is 133 Å². The minimum Gasteiger partial charge on any atom is -0.331 e. The number of nitrogens with zero attached hydrogens (tertiary/aromatic N) is 1. The van der Waals surface area contributed by atoms with Gasteiger partial charge in [0.05, 0.1) is 20.3 Å². The number of halogens is 4. The third kappa shape index (κ3) is 2.69. The van der Waals surface area contributed by atoms with E-state index < -0.39 is 5.82 Å². The number of nitrogens with one attached hydrogen (secondary N) is 1. The summed E-state index contributed by atoms with van der Waals surface area (Å²) in [7, 11) is 0. The molecule has 0 fully saturated rings. The predicted octanol–water partition coefficient (Wildman–Crippen LogP) is 6.14. The van der Waals surface area contributed by atoms with E-state index in [9.17, 15) is 4.39 Å². The summed E-state index contributed by atoms with van der Waals surface area (Å²) in [6.07, 6.45) is 0. The third-order valence-electron chi connectivity index (χ3n) is 2.58. The van der Waals surface area contributed by atoms with Gasteiger partial charge < -0.3 is 5.32 Å². The Kier molecular flexibility index (Phi) is 3.73. The van der Waals surface area contributed by atoms with E-state index in [0.29, 0.717) is 15.8 Å². The highest BCUT2D eigenvalue weighted by Crippen LogP contribution is 2.33. The molecule has 7 heteroatoms. The molecule has 0 unspecified atom stereocenters. The van der Waals surface area contributed by atoms with Crippen molar-refractivity contribution in [3.05, 3.63) is 51.2 Å². The van der Waals surface area contributed by atoms with Crippen molar-refractivity contribution in [1.29, 1.82) is 0 Å². The second-order valence-electron chi connectivity index (χ2n) is 4.01. The second kappa shape index (κ2) is 5.37. The molecular formula is C13H6Cl3FN2S. The van der Waals surface area contributed by atoms with Crippen LogP contribution in [0.5, 0.6) is 0 Å². The first-order chi connectivity index (χ1) is 9.52. The van der Waals surface area contributed by atoms with Gasteiger partial charge in [0.25, 0.3) is 0 Å². The fourth-order valence-electron chi connectivity index (χ4n) is 1.71. The Hall–Kier alpha value is -1.07. The lowest BCUT2D eigenvalue weighted by Crippen LogP contribution is -1.91. The van der Waals surface area contributed by atoms with Gasteiger partial charge in [-0.25, -0.2) is 9.37 Å². The van der Waals surface area contributed by atoms with Crippen molar-refractivity contribution >= 4 is 67.2 Å². The van der Waals surface area contributed by atoms with Gasteiger partial charge in [-0.2, -0.15) is 0 Å². The van der Waals surface area contributed by atoms with Gasteiger partial charge in [0.2, 0.25) is 0 Å². The topological polar surface area (TPSA) is 24.9 Å². The molecule has 0 aliphatic heterocycles. The summed E-state index contributed by atoms with van der Waals surface area (Å²) < 4.78 is 14.3. The average molecular weight is 348 g/mol. The minimum absolute atomic E-state index is 0.0378. The molecule has 0 aliphatic carbocycles. The molecular weight excluding hydrogens is 342 g/mol. The number of aromatic nitrogens is 1. The number of rotatable bonds is 2. The van der Waals surface area contributed by atoms with Crippen LogP contribution in [0.15, 0.2) is 30.3 Å². The van der Waals surface area contributed by atoms with Gasteiger partial charge in [-0.15, -0.1) is 0 Å². The molecule has 3 aromatic rings. The fourth-order valence-corrected chi connectivity index (χ4v) is 3.23. The lowest BCUT2D eigenvalue weighted by Gasteiger charge is -2.05. The van der Waals surface area contributed by atoms with E-state index >= 15 is 0 Å². The van der Waals surface area contributed by atoms with Crippen LogP contribution in [0.25, 0.3) is 10.2 Å². The van der Waals surface area contributed by atoms with Gasteiger partial charge in [0.1, 0.15) is 0 Å². The highest BCUT2D eigenvalue weighted by molar-refractivity contribution is 7.22. The van der Waals surface area contributed by atoms with Gasteiger partial charge in [-0.1, -0.05) is 46.1 Å². The predicted molar refractivity (Wildman–Crippen MR) is 84.3 cm³/mol. The van der Waals surface area contributed by atoms with E-state index in [1.165, 1.54) is 23.5 Å². The zero-order valence-corrected chi connectivity index (χ0v) is 12.8. The molecule has 0 bridgehead atoms. The van der Waals surface area contributed by atoms with Crippen LogP contribution in [0, 0.1) is 5.82 Å². The molecule has 0 aliphatic rings. The SMILES string of the molecule is Fc1c(Cl)cc(Nc2nc3cc(Cl)ccc3s2)cc1Cl. The first-order valence-corrected chi connectivity index (χ1v) is 7.45. The molecule has 20 heavy (non-hydrogen) atoms. The Morgan fingerprint density at radius 1 is 1.05 bits per heavy atom. The highest BCUT2D eigenvalue weighted by atomic mass is 35.5. The number of anilines is 2. The zero-order valence-electron chi connectivity index (χ0n) is 9.75. The number of thiazole rings is 1. The number of hydrogen-bond acceptors (Lipinski definition) is 3. The summed E-state index contributed by atoms with van der Waals surface area (Å²) >= 11 is 18.9. The number of fused-ring (bicyclic) bond motifs is 1. The van der Waals surface area contributed by atoms with E-state index in [2.05, 4.69) is 10.3 Å². The molecule has 0 radical (unpaired) electrons. The standard InChI is InChI=1S/C13H6Cl3FN2S/c14-6-1-2-11-10(3-6)19-13(20-11)18-7-4-8(15)12(17)9(16)5-7/h1-5H,(H,18,19). The van der Waals surface area contributed by atoms with Crippen LogP contribution >= 0.6 is 46.1 Å². The number of hydrogen-bond donors (Lipinski definition) is 1. The Bertz CT molecular complexity index is 780. The third-order valence-corrected chi connectivity index (χ3v) is 4.32. The van der Waals surface area contributed by atoms with Crippen molar-refractivity contribution in [3.63, 3.8) is 0 Å². The van der Waals surface area contributed by atoms with Gasteiger partial charge >= 0.3 is 0 Å². The van der Waals surface area contributed by atoms with Crippen molar-refractivity contribution in [2.24, 2.45) is 0 Å². The summed E-state index contributed by atoms with van der Waals surface area (Å²) in [5.74, 6) is -0.630. The molecule has 1 aromatic heterocycles. The Morgan fingerprint density at radius 2 is 1.75 bits per heavy atom. The summed E-state index contributed by atoms with van der Waals surface area (Å²) in [5, 5.41) is 4.26. The van der Waals surface area contributed by atoms with Gasteiger partial charge in [0.15, 0.2) is 10.9 Å². The van der Waals surface area contributed by atoms with Gasteiger partial charge in [0, 0.05) is 10.7 Å². The quantitative estimate of drug-likeness (QED) is 0.563. The summed E-state index contributed by atoms with van der Waals surface area (Å²) in [6, 6.07) is 8.40. The molecule has 2 aromatic carbocycles. The zero-order chi connectivity index (χ0) is 14.3.